The highest BCUT2D eigenvalue weighted by atomic mass is 16.5. The summed E-state index contributed by atoms with van der Waals surface area (Å²) in [5, 5.41) is 0.568. The first-order chi connectivity index (χ1) is 18.1. The Morgan fingerprint density at radius 1 is 0.919 bits per heavy atom. The quantitative estimate of drug-likeness (QED) is 0.162. The van der Waals surface area contributed by atoms with Crippen molar-refractivity contribution in [3.05, 3.63) is 114 Å². The van der Waals surface area contributed by atoms with Crippen molar-refractivity contribution in [3.63, 3.8) is 0 Å². The molecule has 7 heteroatoms. The van der Waals surface area contributed by atoms with Gasteiger partial charge in [0, 0.05) is 29.4 Å². The predicted octanol–water partition coefficient (Wildman–Crippen LogP) is 6.34. The molecule has 0 fully saturated rings. The molecule has 0 spiro atoms. The number of carbonyl (C=O) groups excluding carboxylic acids is 2. The number of esters is 1. The standard InChI is InChI=1S/C30H19NO6/c1-34-20-8-10-24-23(16-20)27(29(37-24)19-5-3-2-4-6-19)30(33)35-21-7-9-22-25(17-21)36-26(28(22)32)15-18-11-13-31-14-12-18/h2-17H,1H3. The zero-order valence-electron chi connectivity index (χ0n) is 19.6. The third kappa shape index (κ3) is 4.12. The van der Waals surface area contributed by atoms with Crippen molar-refractivity contribution in [2.75, 3.05) is 7.11 Å². The van der Waals surface area contributed by atoms with Gasteiger partial charge in [-0.3, -0.25) is 9.78 Å². The predicted molar refractivity (Wildman–Crippen MR) is 137 cm³/mol. The van der Waals surface area contributed by atoms with Gasteiger partial charge in [-0.25, -0.2) is 4.79 Å². The average Bonchev–Trinajstić information content (AvgIpc) is 3.46. The fourth-order valence-corrected chi connectivity index (χ4v) is 4.20. The molecule has 0 unspecified atom stereocenters. The average molecular weight is 489 g/mol. The summed E-state index contributed by atoms with van der Waals surface area (Å²) in [5.74, 6) is 0.857. The molecule has 7 nitrogen and oxygen atoms in total. The lowest BCUT2D eigenvalue weighted by Crippen LogP contribution is -2.09. The maximum atomic E-state index is 13.5. The van der Waals surface area contributed by atoms with Gasteiger partial charge >= 0.3 is 5.97 Å². The molecular formula is C30H19NO6. The van der Waals surface area contributed by atoms with Gasteiger partial charge in [0.05, 0.1) is 12.7 Å². The summed E-state index contributed by atoms with van der Waals surface area (Å²) in [6, 6.07) is 22.8. The number of ether oxygens (including phenoxy) is 3. The van der Waals surface area contributed by atoms with E-state index in [1.807, 2.05) is 30.3 Å². The number of hydrogen-bond donors (Lipinski definition) is 0. The molecule has 0 saturated heterocycles. The summed E-state index contributed by atoms with van der Waals surface area (Å²) >= 11 is 0. The van der Waals surface area contributed by atoms with Crippen LogP contribution in [0.5, 0.6) is 17.2 Å². The van der Waals surface area contributed by atoms with Gasteiger partial charge in [0.1, 0.15) is 34.2 Å². The van der Waals surface area contributed by atoms with Crippen LogP contribution in [-0.2, 0) is 0 Å². The smallest absolute Gasteiger partial charge is 0.348 e. The molecule has 1 aliphatic rings. The Labute approximate surface area is 211 Å². The van der Waals surface area contributed by atoms with Crippen molar-refractivity contribution >= 4 is 28.8 Å². The van der Waals surface area contributed by atoms with E-state index in [-0.39, 0.29) is 22.9 Å². The first-order valence-electron chi connectivity index (χ1n) is 11.5. The molecule has 0 amide bonds. The number of furan rings is 1. The van der Waals surface area contributed by atoms with E-state index in [0.717, 1.165) is 11.1 Å². The van der Waals surface area contributed by atoms with Gasteiger partial charge < -0.3 is 18.6 Å². The monoisotopic (exact) mass is 489 g/mol. The van der Waals surface area contributed by atoms with Crippen molar-refractivity contribution in [1.82, 2.24) is 4.98 Å². The fourth-order valence-electron chi connectivity index (χ4n) is 4.20. The maximum Gasteiger partial charge on any atom is 0.348 e. The molecule has 0 aliphatic carbocycles. The first kappa shape index (κ1) is 22.3. The van der Waals surface area contributed by atoms with Gasteiger partial charge in [-0.1, -0.05) is 30.3 Å². The lowest BCUT2D eigenvalue weighted by atomic mass is 10.1. The molecular weight excluding hydrogens is 470 g/mol. The molecule has 180 valence electrons. The summed E-state index contributed by atoms with van der Waals surface area (Å²) in [4.78, 5) is 30.3. The van der Waals surface area contributed by atoms with Crippen LogP contribution in [-0.4, -0.2) is 23.8 Å². The second-order valence-electron chi connectivity index (χ2n) is 8.30. The molecule has 5 aromatic rings. The Kier molecular flexibility index (Phi) is 5.50. The molecule has 3 heterocycles. The molecule has 6 rings (SSSR count). The van der Waals surface area contributed by atoms with E-state index in [1.54, 1.807) is 68.0 Å². The number of carbonyl (C=O) groups is 2. The number of allylic oxidation sites excluding steroid dienone is 1. The number of nitrogens with zero attached hydrogens (tertiary/aromatic N) is 1. The number of rotatable bonds is 5. The lowest BCUT2D eigenvalue weighted by molar-refractivity contribution is 0.0736. The Morgan fingerprint density at radius 3 is 2.49 bits per heavy atom. The molecule has 0 saturated carbocycles. The van der Waals surface area contributed by atoms with Crippen LogP contribution in [0.4, 0.5) is 0 Å². The minimum Gasteiger partial charge on any atom is -0.497 e. The number of methoxy groups -OCH3 is 1. The number of pyridine rings is 1. The van der Waals surface area contributed by atoms with Crippen LogP contribution in [0, 0.1) is 0 Å². The maximum absolute atomic E-state index is 13.5. The van der Waals surface area contributed by atoms with E-state index >= 15 is 0 Å². The second-order valence-corrected chi connectivity index (χ2v) is 8.30. The van der Waals surface area contributed by atoms with E-state index < -0.39 is 5.97 Å². The van der Waals surface area contributed by atoms with Gasteiger partial charge in [0.15, 0.2) is 5.76 Å². The van der Waals surface area contributed by atoms with Gasteiger partial charge in [-0.2, -0.15) is 0 Å². The fraction of sp³-hybridized carbons (Fsp3) is 0.0333. The zero-order chi connectivity index (χ0) is 25.4. The van der Waals surface area contributed by atoms with Gasteiger partial charge in [-0.05, 0) is 54.1 Å². The van der Waals surface area contributed by atoms with Gasteiger partial charge in [-0.15, -0.1) is 0 Å². The van der Waals surface area contributed by atoms with E-state index in [4.69, 9.17) is 18.6 Å². The normalized spacial score (nSPS) is 13.4. The Balaban J connectivity index is 1.34. The Hall–Kier alpha value is -5.17. The number of fused-ring (bicyclic) bond motifs is 2. The number of hydrogen-bond acceptors (Lipinski definition) is 7. The number of Topliss-reactive ketones (excluding diaryl/α,β-unsaturated/α-hetero) is 1. The minimum absolute atomic E-state index is 0.184. The second kappa shape index (κ2) is 9.13. The van der Waals surface area contributed by atoms with Crippen molar-refractivity contribution in [1.29, 1.82) is 0 Å². The van der Waals surface area contributed by atoms with Gasteiger partial charge in [0.25, 0.3) is 0 Å². The third-order valence-corrected chi connectivity index (χ3v) is 5.99. The number of ketones is 1. The van der Waals surface area contributed by atoms with Crippen molar-refractivity contribution in [2.24, 2.45) is 0 Å². The van der Waals surface area contributed by atoms with Crippen LogP contribution in [0.25, 0.3) is 28.4 Å². The summed E-state index contributed by atoms with van der Waals surface area (Å²) in [5.41, 5.74) is 2.71. The van der Waals surface area contributed by atoms with E-state index in [9.17, 15) is 9.59 Å². The van der Waals surface area contributed by atoms with Crippen LogP contribution in [0.3, 0.4) is 0 Å². The molecule has 1 aliphatic heterocycles. The minimum atomic E-state index is -0.609. The SMILES string of the molecule is COc1ccc2oc(-c3ccccc3)c(C(=O)Oc3ccc4c(c3)OC(=Cc3ccncc3)C4=O)c2c1. The van der Waals surface area contributed by atoms with Crippen LogP contribution < -0.4 is 14.2 Å². The van der Waals surface area contributed by atoms with E-state index in [0.29, 0.717) is 33.8 Å². The van der Waals surface area contributed by atoms with Crippen molar-refractivity contribution in [3.8, 4) is 28.6 Å². The summed E-state index contributed by atoms with van der Waals surface area (Å²) in [6.07, 6.45) is 4.91. The van der Waals surface area contributed by atoms with Crippen LogP contribution in [0.1, 0.15) is 26.3 Å². The largest absolute Gasteiger partial charge is 0.497 e. The topological polar surface area (TPSA) is 87.9 Å². The van der Waals surface area contributed by atoms with Crippen molar-refractivity contribution in [2.45, 2.75) is 0 Å². The van der Waals surface area contributed by atoms with Crippen LogP contribution in [0.2, 0.25) is 0 Å². The highest BCUT2D eigenvalue weighted by molar-refractivity contribution is 6.15. The summed E-state index contributed by atoms with van der Waals surface area (Å²) < 4.78 is 23.0. The Morgan fingerprint density at radius 2 is 1.70 bits per heavy atom. The molecule has 0 atom stereocenters. The molecule has 0 N–H and O–H groups in total. The van der Waals surface area contributed by atoms with Crippen molar-refractivity contribution < 1.29 is 28.2 Å². The molecule has 0 bridgehead atoms. The number of benzene rings is 3. The zero-order valence-corrected chi connectivity index (χ0v) is 19.6. The summed E-state index contributed by atoms with van der Waals surface area (Å²) in [6.45, 7) is 0. The third-order valence-electron chi connectivity index (χ3n) is 5.99. The highest BCUT2D eigenvalue weighted by Gasteiger charge is 2.29. The lowest BCUT2D eigenvalue weighted by Gasteiger charge is -2.07. The molecule has 3 aromatic carbocycles. The van der Waals surface area contributed by atoms with E-state index in [2.05, 4.69) is 4.98 Å². The highest BCUT2D eigenvalue weighted by Crippen LogP contribution is 2.38. The Bertz CT molecular complexity index is 1690. The van der Waals surface area contributed by atoms with Gasteiger partial charge in [0.2, 0.25) is 5.78 Å². The van der Waals surface area contributed by atoms with E-state index in [1.165, 1.54) is 6.07 Å². The molecule has 37 heavy (non-hydrogen) atoms. The molecule has 0 radical (unpaired) electrons. The van der Waals surface area contributed by atoms with Crippen LogP contribution in [0.15, 0.2) is 101 Å². The summed E-state index contributed by atoms with van der Waals surface area (Å²) in [7, 11) is 1.56. The number of aromatic nitrogens is 1. The van der Waals surface area contributed by atoms with Crippen LogP contribution >= 0.6 is 0 Å². The molecule has 2 aromatic heterocycles. The first-order valence-corrected chi connectivity index (χ1v) is 11.5.